The number of sulfone groups is 1. The normalized spacial score (nSPS) is 12.1. The maximum Gasteiger partial charge on any atom is 0.260 e. The highest BCUT2D eigenvalue weighted by Crippen LogP contribution is 2.32. The predicted octanol–water partition coefficient (Wildman–Crippen LogP) is 5.84. The molecule has 33 heavy (non-hydrogen) atoms. The van der Waals surface area contributed by atoms with Crippen LogP contribution in [0.2, 0.25) is 0 Å². The predicted molar refractivity (Wildman–Crippen MR) is 135 cm³/mol. The lowest BCUT2D eigenvalue weighted by Gasteiger charge is -2.22. The van der Waals surface area contributed by atoms with Crippen LogP contribution in [0.4, 0.5) is 5.13 Å². The fourth-order valence-corrected chi connectivity index (χ4v) is 5.22. The minimum absolute atomic E-state index is 0.00431. The SMILES string of the molecule is CC(C)(C)c1ccc(C(=O)N(Cc2ccccc2)c2nc3ccc(S(C)(=O)=O)cc3s2)cc1. The molecule has 0 radical (unpaired) electrons. The van der Waals surface area contributed by atoms with Crippen LogP contribution in [0.5, 0.6) is 0 Å². The number of aromatic nitrogens is 1. The van der Waals surface area contributed by atoms with Gasteiger partial charge in [0.2, 0.25) is 0 Å². The van der Waals surface area contributed by atoms with E-state index in [2.05, 4.69) is 25.8 Å². The molecule has 0 aliphatic rings. The van der Waals surface area contributed by atoms with Crippen molar-refractivity contribution in [3.63, 3.8) is 0 Å². The number of fused-ring (bicyclic) bond motifs is 1. The third kappa shape index (κ3) is 5.15. The molecule has 1 heterocycles. The zero-order valence-electron chi connectivity index (χ0n) is 19.1. The first-order valence-corrected chi connectivity index (χ1v) is 13.3. The molecule has 7 heteroatoms. The van der Waals surface area contributed by atoms with E-state index in [9.17, 15) is 13.2 Å². The van der Waals surface area contributed by atoms with Gasteiger partial charge in [0, 0.05) is 11.8 Å². The second-order valence-corrected chi connectivity index (χ2v) is 12.1. The van der Waals surface area contributed by atoms with Gasteiger partial charge in [0.1, 0.15) is 0 Å². The summed E-state index contributed by atoms with van der Waals surface area (Å²) in [5, 5.41) is 0.532. The van der Waals surface area contributed by atoms with Gasteiger partial charge in [-0.05, 0) is 46.9 Å². The number of rotatable bonds is 5. The molecule has 0 N–H and O–H groups in total. The van der Waals surface area contributed by atoms with E-state index in [4.69, 9.17) is 0 Å². The van der Waals surface area contributed by atoms with Crippen LogP contribution in [0.3, 0.4) is 0 Å². The molecule has 1 aromatic heterocycles. The van der Waals surface area contributed by atoms with E-state index in [0.29, 0.717) is 22.8 Å². The van der Waals surface area contributed by atoms with Gasteiger partial charge < -0.3 is 0 Å². The average molecular weight is 479 g/mol. The first-order chi connectivity index (χ1) is 15.5. The Balaban J connectivity index is 1.76. The number of hydrogen-bond acceptors (Lipinski definition) is 5. The van der Waals surface area contributed by atoms with Crippen molar-refractivity contribution in [2.75, 3.05) is 11.2 Å². The molecule has 0 atom stereocenters. The van der Waals surface area contributed by atoms with Gasteiger partial charge in [0.15, 0.2) is 15.0 Å². The molecule has 0 saturated carbocycles. The van der Waals surface area contributed by atoms with Crippen molar-refractivity contribution < 1.29 is 13.2 Å². The summed E-state index contributed by atoms with van der Waals surface area (Å²) in [5.41, 5.74) is 3.37. The monoisotopic (exact) mass is 478 g/mol. The Hall–Kier alpha value is -3.03. The molecule has 4 aromatic rings. The summed E-state index contributed by atoms with van der Waals surface area (Å²) in [6.07, 6.45) is 1.18. The molecule has 0 aliphatic heterocycles. The van der Waals surface area contributed by atoms with Gasteiger partial charge in [-0.15, -0.1) is 0 Å². The molecule has 0 bridgehead atoms. The lowest BCUT2D eigenvalue weighted by atomic mass is 9.86. The van der Waals surface area contributed by atoms with Crippen molar-refractivity contribution in [3.8, 4) is 0 Å². The number of thiazole rings is 1. The second-order valence-electron chi connectivity index (χ2n) is 9.10. The number of anilines is 1. The van der Waals surface area contributed by atoms with E-state index in [1.807, 2.05) is 54.6 Å². The van der Waals surface area contributed by atoms with Crippen molar-refractivity contribution in [3.05, 3.63) is 89.5 Å². The van der Waals surface area contributed by atoms with Gasteiger partial charge in [-0.25, -0.2) is 13.4 Å². The molecular formula is C26H26N2O3S2. The Morgan fingerprint density at radius 2 is 1.64 bits per heavy atom. The minimum atomic E-state index is -3.33. The number of nitrogens with zero attached hydrogens (tertiary/aromatic N) is 2. The molecular weight excluding hydrogens is 452 g/mol. The summed E-state index contributed by atoms with van der Waals surface area (Å²) in [4.78, 5) is 20.2. The zero-order chi connectivity index (χ0) is 23.8. The number of benzene rings is 3. The van der Waals surface area contributed by atoms with E-state index in [0.717, 1.165) is 15.8 Å². The van der Waals surface area contributed by atoms with Gasteiger partial charge in [-0.2, -0.15) is 0 Å². The molecule has 4 rings (SSSR count). The highest BCUT2D eigenvalue weighted by molar-refractivity contribution is 7.90. The first kappa shape index (κ1) is 23.1. The first-order valence-electron chi connectivity index (χ1n) is 10.6. The molecule has 5 nitrogen and oxygen atoms in total. The van der Waals surface area contributed by atoms with Crippen molar-refractivity contribution in [1.29, 1.82) is 0 Å². The van der Waals surface area contributed by atoms with Gasteiger partial charge in [-0.1, -0.05) is 74.6 Å². The summed E-state index contributed by atoms with van der Waals surface area (Å²) >= 11 is 1.31. The molecule has 0 fully saturated rings. The molecule has 170 valence electrons. The van der Waals surface area contributed by atoms with Crippen molar-refractivity contribution >= 4 is 42.4 Å². The lowest BCUT2D eigenvalue weighted by Crippen LogP contribution is -2.30. The smallest absolute Gasteiger partial charge is 0.260 e. The summed E-state index contributed by atoms with van der Waals surface area (Å²) in [7, 11) is -3.33. The number of carbonyl (C=O) groups is 1. The van der Waals surface area contributed by atoms with Crippen LogP contribution in [0.15, 0.2) is 77.7 Å². The van der Waals surface area contributed by atoms with Crippen LogP contribution in [-0.4, -0.2) is 25.6 Å². The maximum absolute atomic E-state index is 13.6. The van der Waals surface area contributed by atoms with Crippen LogP contribution in [0.1, 0.15) is 42.3 Å². The van der Waals surface area contributed by atoms with Gasteiger partial charge in [0.25, 0.3) is 5.91 Å². The molecule has 0 unspecified atom stereocenters. The Labute approximate surface area is 198 Å². The van der Waals surface area contributed by atoms with Gasteiger partial charge in [0.05, 0.1) is 21.7 Å². The number of carbonyl (C=O) groups excluding carboxylic acids is 1. The van der Waals surface area contributed by atoms with Crippen LogP contribution in [0.25, 0.3) is 10.2 Å². The highest BCUT2D eigenvalue weighted by atomic mass is 32.2. The van der Waals surface area contributed by atoms with Gasteiger partial charge in [-0.3, -0.25) is 9.69 Å². The maximum atomic E-state index is 13.6. The summed E-state index contributed by atoms with van der Waals surface area (Å²) in [6, 6.07) is 22.3. The van der Waals surface area contributed by atoms with Crippen molar-refractivity contribution in [1.82, 2.24) is 4.98 Å². The number of hydrogen-bond donors (Lipinski definition) is 0. The summed E-state index contributed by atoms with van der Waals surface area (Å²) in [6.45, 7) is 6.77. The number of amides is 1. The molecule has 0 aliphatic carbocycles. The Morgan fingerprint density at radius 1 is 0.970 bits per heavy atom. The van der Waals surface area contributed by atoms with Crippen LogP contribution in [0, 0.1) is 0 Å². The van der Waals surface area contributed by atoms with E-state index in [1.54, 1.807) is 23.1 Å². The zero-order valence-corrected chi connectivity index (χ0v) is 20.7. The van der Waals surface area contributed by atoms with E-state index in [-0.39, 0.29) is 16.2 Å². The molecule has 0 saturated heterocycles. The fraction of sp³-hybridized carbons (Fsp3) is 0.231. The van der Waals surface area contributed by atoms with E-state index >= 15 is 0 Å². The second kappa shape index (κ2) is 8.72. The average Bonchev–Trinajstić information content (AvgIpc) is 3.20. The summed E-state index contributed by atoms with van der Waals surface area (Å²) in [5.74, 6) is -0.151. The molecule has 1 amide bonds. The van der Waals surface area contributed by atoms with E-state index < -0.39 is 9.84 Å². The van der Waals surface area contributed by atoms with Crippen LogP contribution < -0.4 is 4.90 Å². The lowest BCUT2D eigenvalue weighted by molar-refractivity contribution is 0.0985. The van der Waals surface area contributed by atoms with Crippen LogP contribution in [-0.2, 0) is 21.8 Å². The Kier molecular flexibility index (Phi) is 6.12. The van der Waals surface area contributed by atoms with Crippen molar-refractivity contribution in [2.45, 2.75) is 37.6 Å². The minimum Gasteiger partial charge on any atom is -0.279 e. The van der Waals surface area contributed by atoms with Crippen molar-refractivity contribution in [2.24, 2.45) is 0 Å². The molecule has 3 aromatic carbocycles. The molecule has 0 spiro atoms. The quantitative estimate of drug-likeness (QED) is 0.361. The van der Waals surface area contributed by atoms with Crippen LogP contribution >= 0.6 is 11.3 Å². The third-order valence-electron chi connectivity index (χ3n) is 5.43. The third-order valence-corrected chi connectivity index (χ3v) is 7.59. The Bertz CT molecular complexity index is 1400. The fourth-order valence-electron chi connectivity index (χ4n) is 3.50. The Morgan fingerprint density at radius 3 is 2.24 bits per heavy atom. The topological polar surface area (TPSA) is 67.3 Å². The highest BCUT2D eigenvalue weighted by Gasteiger charge is 2.23. The largest absolute Gasteiger partial charge is 0.279 e. The standard InChI is InChI=1S/C26H26N2O3S2/c1-26(2,3)20-12-10-19(11-13-20)24(29)28(17-18-8-6-5-7-9-18)25-27-22-15-14-21(33(4,30)31)16-23(22)32-25/h5-16H,17H2,1-4H3. The summed E-state index contributed by atoms with van der Waals surface area (Å²) < 4.78 is 24.7. The van der Waals surface area contributed by atoms with E-state index in [1.165, 1.54) is 17.6 Å². The van der Waals surface area contributed by atoms with Gasteiger partial charge >= 0.3 is 0 Å².